The summed E-state index contributed by atoms with van der Waals surface area (Å²) in [4.78, 5) is 9.32. The molecule has 0 atom stereocenters. The van der Waals surface area contributed by atoms with Gasteiger partial charge in [-0.2, -0.15) is 4.98 Å². The number of hydrogen-bond donors (Lipinski definition) is 2. The number of anilines is 1. The summed E-state index contributed by atoms with van der Waals surface area (Å²) in [7, 11) is 2.03. The molecule has 3 heterocycles. The van der Waals surface area contributed by atoms with Gasteiger partial charge in [-0.1, -0.05) is 0 Å². The molecule has 5 nitrogen and oxygen atoms in total. The van der Waals surface area contributed by atoms with Crippen LogP contribution in [0.5, 0.6) is 0 Å². The monoisotopic (exact) mass is 277 g/mol. The summed E-state index contributed by atoms with van der Waals surface area (Å²) in [5.74, 6) is 1.71. The molecule has 2 N–H and O–H groups in total. The van der Waals surface area contributed by atoms with E-state index in [1.165, 1.54) is 4.88 Å². The number of aromatic amines is 1. The highest BCUT2D eigenvalue weighted by Gasteiger charge is 2.21. The second kappa shape index (κ2) is 5.30. The van der Waals surface area contributed by atoms with Crippen molar-refractivity contribution in [3.8, 4) is 10.7 Å². The number of aryl methyl sites for hydroxylation is 1. The summed E-state index contributed by atoms with van der Waals surface area (Å²) in [6, 6.07) is 4.84. The lowest BCUT2D eigenvalue weighted by Gasteiger charge is -2.30. The number of nitrogens with zero attached hydrogens (tertiary/aromatic N) is 3. The molecule has 1 saturated heterocycles. The first-order valence-electron chi connectivity index (χ1n) is 6.67. The van der Waals surface area contributed by atoms with Crippen molar-refractivity contribution < 1.29 is 0 Å². The van der Waals surface area contributed by atoms with Crippen molar-refractivity contribution in [2.45, 2.75) is 25.8 Å². The Balaban J connectivity index is 1.72. The number of piperidine rings is 1. The molecule has 0 aliphatic carbocycles. The lowest BCUT2D eigenvalue weighted by molar-refractivity contribution is 0.439. The van der Waals surface area contributed by atoms with Crippen LogP contribution in [0.15, 0.2) is 12.1 Å². The van der Waals surface area contributed by atoms with E-state index in [-0.39, 0.29) is 0 Å². The first kappa shape index (κ1) is 12.6. The molecule has 2 aromatic rings. The first-order chi connectivity index (χ1) is 9.26. The van der Waals surface area contributed by atoms with Gasteiger partial charge in [-0.15, -0.1) is 16.4 Å². The smallest absolute Gasteiger partial charge is 0.245 e. The largest absolute Gasteiger partial charge is 0.339 e. The van der Waals surface area contributed by atoms with Gasteiger partial charge in [-0.05, 0) is 38.9 Å². The average Bonchev–Trinajstić information content (AvgIpc) is 3.07. The third kappa shape index (κ3) is 2.64. The number of rotatable bonds is 3. The van der Waals surface area contributed by atoms with Gasteiger partial charge in [0.25, 0.3) is 0 Å². The van der Waals surface area contributed by atoms with E-state index < -0.39 is 0 Å². The van der Waals surface area contributed by atoms with E-state index in [4.69, 9.17) is 0 Å². The van der Waals surface area contributed by atoms with Gasteiger partial charge >= 0.3 is 0 Å². The maximum absolute atomic E-state index is 4.62. The van der Waals surface area contributed by atoms with Crippen molar-refractivity contribution in [1.29, 1.82) is 0 Å². The normalized spacial score (nSPS) is 17.1. The fourth-order valence-corrected chi connectivity index (χ4v) is 3.24. The highest BCUT2D eigenvalue weighted by molar-refractivity contribution is 7.15. The minimum absolute atomic E-state index is 0.634. The van der Waals surface area contributed by atoms with Crippen LogP contribution >= 0.6 is 11.3 Å². The number of hydrogen-bond acceptors (Lipinski definition) is 5. The van der Waals surface area contributed by atoms with Crippen LogP contribution in [0.25, 0.3) is 10.7 Å². The molecule has 0 unspecified atom stereocenters. The third-order valence-electron chi connectivity index (χ3n) is 3.63. The maximum atomic E-state index is 4.62. The summed E-state index contributed by atoms with van der Waals surface area (Å²) in [5.41, 5.74) is 0. The Bertz CT molecular complexity index is 539. The molecule has 1 aliphatic rings. The fourth-order valence-electron chi connectivity index (χ4n) is 2.43. The zero-order chi connectivity index (χ0) is 13.2. The molecule has 0 radical (unpaired) electrons. The van der Waals surface area contributed by atoms with Crippen LogP contribution in [0.1, 0.15) is 17.7 Å². The van der Waals surface area contributed by atoms with Gasteiger partial charge < -0.3 is 10.2 Å². The van der Waals surface area contributed by atoms with Crippen LogP contribution in [-0.4, -0.2) is 41.4 Å². The zero-order valence-electron chi connectivity index (χ0n) is 11.3. The summed E-state index contributed by atoms with van der Waals surface area (Å²) < 4.78 is 0. The highest BCUT2D eigenvalue weighted by atomic mass is 32.1. The predicted molar refractivity (Wildman–Crippen MR) is 78.7 cm³/mol. The van der Waals surface area contributed by atoms with Crippen molar-refractivity contribution in [2.24, 2.45) is 0 Å². The molecule has 3 rings (SSSR count). The Morgan fingerprint density at radius 3 is 2.79 bits per heavy atom. The molecular formula is C13H19N5S. The Hall–Kier alpha value is -1.40. The van der Waals surface area contributed by atoms with Gasteiger partial charge in [-0.3, -0.25) is 5.10 Å². The van der Waals surface area contributed by atoms with Gasteiger partial charge in [0.1, 0.15) is 0 Å². The van der Waals surface area contributed by atoms with Crippen molar-refractivity contribution >= 4 is 17.3 Å². The van der Waals surface area contributed by atoms with Crippen molar-refractivity contribution in [3.63, 3.8) is 0 Å². The minimum Gasteiger partial charge on any atom is -0.339 e. The van der Waals surface area contributed by atoms with Crippen molar-refractivity contribution in [3.05, 3.63) is 17.0 Å². The van der Waals surface area contributed by atoms with Crippen LogP contribution in [0.2, 0.25) is 0 Å². The van der Waals surface area contributed by atoms with Crippen molar-refractivity contribution in [1.82, 2.24) is 20.5 Å². The van der Waals surface area contributed by atoms with E-state index in [1.807, 2.05) is 7.05 Å². The van der Waals surface area contributed by atoms with Crippen LogP contribution < -0.4 is 10.2 Å². The van der Waals surface area contributed by atoms with Gasteiger partial charge in [-0.25, -0.2) is 0 Å². The number of aromatic nitrogens is 3. The molecule has 0 spiro atoms. The lowest BCUT2D eigenvalue weighted by atomic mass is 10.1. The molecule has 0 amide bonds. The Morgan fingerprint density at radius 1 is 1.37 bits per heavy atom. The number of nitrogens with one attached hydrogen (secondary N) is 2. The Kier molecular flexibility index (Phi) is 3.52. The van der Waals surface area contributed by atoms with E-state index in [1.54, 1.807) is 11.3 Å². The Labute approximate surface area is 117 Å². The topological polar surface area (TPSA) is 56.8 Å². The van der Waals surface area contributed by atoms with E-state index in [0.29, 0.717) is 6.04 Å². The molecule has 0 saturated carbocycles. The van der Waals surface area contributed by atoms with E-state index in [0.717, 1.165) is 42.6 Å². The molecule has 0 aromatic carbocycles. The second-order valence-electron chi connectivity index (χ2n) is 4.94. The minimum atomic E-state index is 0.634. The van der Waals surface area contributed by atoms with Gasteiger partial charge in [0, 0.05) is 24.0 Å². The van der Waals surface area contributed by atoms with E-state index >= 15 is 0 Å². The first-order valence-corrected chi connectivity index (χ1v) is 7.49. The molecule has 19 heavy (non-hydrogen) atoms. The van der Waals surface area contributed by atoms with Crippen LogP contribution in [0, 0.1) is 6.92 Å². The van der Waals surface area contributed by atoms with E-state index in [9.17, 15) is 0 Å². The SMILES string of the molecule is CNC1CCN(c2n[nH]c(-c3ccc(C)s3)n2)CC1. The molecule has 1 aliphatic heterocycles. The molecule has 102 valence electrons. The fraction of sp³-hybridized carbons (Fsp3) is 0.538. The molecule has 6 heteroatoms. The lowest BCUT2D eigenvalue weighted by Crippen LogP contribution is -2.41. The quantitative estimate of drug-likeness (QED) is 0.901. The zero-order valence-corrected chi connectivity index (χ0v) is 12.1. The number of thiophene rings is 1. The molecule has 0 bridgehead atoms. The summed E-state index contributed by atoms with van der Waals surface area (Å²) in [6.45, 7) is 4.15. The standard InChI is InChI=1S/C13H19N5S/c1-9-3-4-11(19-9)12-15-13(17-16-12)18-7-5-10(14-2)6-8-18/h3-4,10,14H,5-8H2,1-2H3,(H,15,16,17). The number of H-pyrrole nitrogens is 1. The van der Waals surface area contributed by atoms with Crippen molar-refractivity contribution in [2.75, 3.05) is 25.0 Å². The van der Waals surface area contributed by atoms with Gasteiger partial charge in [0.15, 0.2) is 5.82 Å². The van der Waals surface area contributed by atoms with Gasteiger partial charge in [0.2, 0.25) is 5.95 Å². The Morgan fingerprint density at radius 2 is 2.16 bits per heavy atom. The average molecular weight is 277 g/mol. The summed E-state index contributed by atoms with van der Waals surface area (Å²) in [5, 5.41) is 10.7. The maximum Gasteiger partial charge on any atom is 0.245 e. The van der Waals surface area contributed by atoms with Crippen LogP contribution in [-0.2, 0) is 0 Å². The molecule has 1 fully saturated rings. The van der Waals surface area contributed by atoms with Crippen LogP contribution in [0.4, 0.5) is 5.95 Å². The van der Waals surface area contributed by atoms with Gasteiger partial charge in [0.05, 0.1) is 4.88 Å². The molecule has 2 aromatic heterocycles. The van der Waals surface area contributed by atoms with Crippen LogP contribution in [0.3, 0.4) is 0 Å². The third-order valence-corrected chi connectivity index (χ3v) is 4.64. The second-order valence-corrected chi connectivity index (χ2v) is 6.23. The van der Waals surface area contributed by atoms with E-state index in [2.05, 4.69) is 44.5 Å². The summed E-state index contributed by atoms with van der Waals surface area (Å²) >= 11 is 1.74. The summed E-state index contributed by atoms with van der Waals surface area (Å²) in [6.07, 6.45) is 2.30. The highest BCUT2D eigenvalue weighted by Crippen LogP contribution is 2.26. The molecular weight excluding hydrogens is 258 g/mol. The predicted octanol–water partition coefficient (Wildman–Crippen LogP) is 2.03.